The van der Waals surface area contributed by atoms with Crippen molar-refractivity contribution in [1.82, 2.24) is 10.2 Å². The lowest BCUT2D eigenvalue weighted by atomic mass is 9.98. The molecule has 0 aliphatic carbocycles. The minimum atomic E-state index is -1.18. The number of carbonyl (C=O) groups is 3. The predicted octanol–water partition coefficient (Wildman–Crippen LogP) is 5.28. The molecular weight excluding hydrogens is 466 g/mol. The largest absolute Gasteiger partial charge is 0.444 e. The van der Waals surface area contributed by atoms with Crippen LogP contribution in [0.3, 0.4) is 0 Å². The second-order valence-corrected chi connectivity index (χ2v) is 9.78. The third kappa shape index (κ3) is 7.24. The molecule has 8 heteroatoms. The number of ether oxygens (including phenoxy) is 1. The topological polar surface area (TPSA) is 87.7 Å². The first-order valence-electron chi connectivity index (χ1n) is 11.2. The standard InChI is InChI=1S/C27H32ClN3O4/c1-9-31(25(33)19(5)29-26(34)35-27(6,7)8)23(20-14-13-16(2)18(4)15-20)24(32)30-22-17(3)11-10-12-21(22)28/h1,10-15,19,23H,2-8H3,(H,29,34)(H,30,32). The summed E-state index contributed by atoms with van der Waals surface area (Å²) < 4.78 is 5.23. The van der Waals surface area contributed by atoms with Crippen LogP contribution < -0.4 is 10.6 Å². The van der Waals surface area contributed by atoms with E-state index in [1.54, 1.807) is 39.0 Å². The maximum atomic E-state index is 13.6. The summed E-state index contributed by atoms with van der Waals surface area (Å²) in [4.78, 5) is 40.1. The van der Waals surface area contributed by atoms with Crippen LogP contribution in [0.4, 0.5) is 10.5 Å². The first kappa shape index (κ1) is 27.7. The van der Waals surface area contributed by atoms with Crippen molar-refractivity contribution in [3.05, 3.63) is 63.7 Å². The van der Waals surface area contributed by atoms with Crippen molar-refractivity contribution in [2.24, 2.45) is 0 Å². The summed E-state index contributed by atoms with van der Waals surface area (Å²) in [6.07, 6.45) is 4.98. The molecule has 3 amide bonds. The van der Waals surface area contributed by atoms with Gasteiger partial charge in [0.25, 0.3) is 11.8 Å². The Morgan fingerprint density at radius 2 is 1.71 bits per heavy atom. The molecule has 0 heterocycles. The van der Waals surface area contributed by atoms with Gasteiger partial charge in [0.2, 0.25) is 0 Å². The van der Waals surface area contributed by atoms with Crippen molar-refractivity contribution >= 4 is 35.2 Å². The summed E-state index contributed by atoms with van der Waals surface area (Å²) in [5.41, 5.74) is 2.91. The van der Waals surface area contributed by atoms with E-state index in [-0.39, 0.29) is 0 Å². The molecule has 0 saturated heterocycles. The van der Waals surface area contributed by atoms with Gasteiger partial charge in [-0.25, -0.2) is 4.79 Å². The Labute approximate surface area is 212 Å². The van der Waals surface area contributed by atoms with Crippen LogP contribution >= 0.6 is 11.6 Å². The molecule has 0 bridgehead atoms. The number of terminal acetylenes is 1. The summed E-state index contributed by atoms with van der Waals surface area (Å²) >= 11 is 6.31. The molecule has 0 aromatic heterocycles. The fourth-order valence-electron chi connectivity index (χ4n) is 3.35. The van der Waals surface area contributed by atoms with Crippen molar-refractivity contribution in [2.75, 3.05) is 5.32 Å². The van der Waals surface area contributed by atoms with E-state index < -0.39 is 35.6 Å². The number of nitrogens with one attached hydrogen (secondary N) is 2. The number of benzene rings is 2. The zero-order valence-corrected chi connectivity index (χ0v) is 21.9. The van der Waals surface area contributed by atoms with Crippen LogP contribution in [0.1, 0.15) is 56.0 Å². The third-order valence-corrected chi connectivity index (χ3v) is 5.62. The summed E-state index contributed by atoms with van der Waals surface area (Å²) in [5.74, 6) is -1.19. The Morgan fingerprint density at radius 1 is 1.06 bits per heavy atom. The van der Waals surface area contributed by atoms with Crippen LogP contribution in [0.15, 0.2) is 36.4 Å². The summed E-state index contributed by atoms with van der Waals surface area (Å²) in [5, 5.41) is 5.66. The van der Waals surface area contributed by atoms with Crippen molar-refractivity contribution in [3.8, 4) is 12.5 Å². The smallest absolute Gasteiger partial charge is 0.408 e. The molecular formula is C27H32ClN3O4. The highest BCUT2D eigenvalue weighted by Gasteiger charge is 2.35. The van der Waals surface area contributed by atoms with Crippen molar-refractivity contribution < 1.29 is 19.1 Å². The minimum Gasteiger partial charge on any atom is -0.444 e. The maximum Gasteiger partial charge on any atom is 0.408 e. The van der Waals surface area contributed by atoms with Gasteiger partial charge < -0.3 is 15.4 Å². The molecule has 35 heavy (non-hydrogen) atoms. The molecule has 2 atom stereocenters. The molecule has 2 unspecified atom stereocenters. The second kappa shape index (κ2) is 11.3. The fourth-order valence-corrected chi connectivity index (χ4v) is 3.62. The molecule has 186 valence electrons. The molecule has 2 aromatic carbocycles. The van der Waals surface area contributed by atoms with E-state index >= 15 is 0 Å². The molecule has 0 aliphatic heterocycles. The Balaban J connectivity index is 2.44. The number of amides is 3. The zero-order valence-electron chi connectivity index (χ0n) is 21.2. The van der Waals surface area contributed by atoms with Crippen molar-refractivity contribution in [1.29, 1.82) is 0 Å². The van der Waals surface area contributed by atoms with Gasteiger partial charge in [0.15, 0.2) is 0 Å². The van der Waals surface area contributed by atoms with Crippen LogP contribution in [0.2, 0.25) is 5.02 Å². The monoisotopic (exact) mass is 497 g/mol. The van der Waals surface area contributed by atoms with Crippen LogP contribution in [-0.4, -0.2) is 34.5 Å². The van der Waals surface area contributed by atoms with E-state index in [1.165, 1.54) is 6.92 Å². The van der Waals surface area contributed by atoms with Gasteiger partial charge in [-0.05, 0) is 76.8 Å². The second-order valence-electron chi connectivity index (χ2n) is 9.37. The van der Waals surface area contributed by atoms with Crippen LogP contribution in [0, 0.1) is 33.2 Å². The maximum absolute atomic E-state index is 13.6. The van der Waals surface area contributed by atoms with Gasteiger partial charge in [0.1, 0.15) is 17.7 Å². The number of carbonyl (C=O) groups excluding carboxylic acids is 3. The number of hydrogen-bond acceptors (Lipinski definition) is 4. The number of rotatable bonds is 6. The highest BCUT2D eigenvalue weighted by atomic mass is 35.5. The van der Waals surface area contributed by atoms with E-state index in [2.05, 4.69) is 16.7 Å². The van der Waals surface area contributed by atoms with Gasteiger partial charge >= 0.3 is 6.09 Å². The van der Waals surface area contributed by atoms with Gasteiger partial charge in [-0.15, -0.1) is 0 Å². The van der Waals surface area contributed by atoms with Crippen LogP contribution in [0.5, 0.6) is 0 Å². The van der Waals surface area contributed by atoms with Gasteiger partial charge in [-0.3, -0.25) is 14.5 Å². The number of alkyl carbamates (subject to hydrolysis) is 1. The van der Waals surface area contributed by atoms with Gasteiger partial charge in [0.05, 0.1) is 10.7 Å². The lowest BCUT2D eigenvalue weighted by molar-refractivity contribution is -0.136. The van der Waals surface area contributed by atoms with E-state index in [0.717, 1.165) is 21.6 Å². The van der Waals surface area contributed by atoms with E-state index in [0.29, 0.717) is 16.3 Å². The SMILES string of the molecule is C#CN(C(=O)C(C)NC(=O)OC(C)(C)C)C(C(=O)Nc1c(C)cccc1Cl)c1ccc(C)c(C)c1. The number of aryl methyl sites for hydroxylation is 3. The number of anilines is 1. The molecule has 2 rings (SSSR count). The Morgan fingerprint density at radius 3 is 2.26 bits per heavy atom. The number of halogens is 1. The third-order valence-electron chi connectivity index (χ3n) is 5.30. The normalized spacial score (nSPS) is 12.7. The van der Waals surface area contributed by atoms with E-state index in [1.807, 2.05) is 39.0 Å². The van der Waals surface area contributed by atoms with Crippen LogP contribution in [0.25, 0.3) is 0 Å². The Hall–Kier alpha value is -3.50. The average Bonchev–Trinajstić information content (AvgIpc) is 2.74. The molecule has 0 saturated carbocycles. The zero-order chi connectivity index (χ0) is 26.5. The first-order chi connectivity index (χ1) is 16.2. The molecule has 2 aromatic rings. The lowest BCUT2D eigenvalue weighted by Gasteiger charge is -2.29. The van der Waals surface area contributed by atoms with Gasteiger partial charge in [-0.1, -0.05) is 48.4 Å². The summed E-state index contributed by atoms with van der Waals surface area (Å²) in [7, 11) is 0. The van der Waals surface area contributed by atoms with Crippen molar-refractivity contribution in [2.45, 2.75) is 66.2 Å². The fraction of sp³-hybridized carbons (Fsp3) is 0.370. The Bertz CT molecular complexity index is 1140. The summed E-state index contributed by atoms with van der Waals surface area (Å²) in [6, 6.07) is 10.8. The van der Waals surface area contributed by atoms with Crippen molar-refractivity contribution in [3.63, 3.8) is 0 Å². The number of hydrogen-bond donors (Lipinski definition) is 2. The average molecular weight is 498 g/mol. The Kier molecular flexibility index (Phi) is 8.94. The molecule has 0 spiro atoms. The molecule has 2 N–H and O–H groups in total. The van der Waals surface area contributed by atoms with Gasteiger partial charge in [0, 0.05) is 6.04 Å². The van der Waals surface area contributed by atoms with E-state index in [9.17, 15) is 14.4 Å². The predicted molar refractivity (Wildman–Crippen MR) is 138 cm³/mol. The molecule has 0 fully saturated rings. The molecule has 7 nitrogen and oxygen atoms in total. The number of nitrogens with zero attached hydrogens (tertiary/aromatic N) is 1. The summed E-state index contributed by atoms with van der Waals surface area (Å²) in [6.45, 7) is 12.3. The molecule has 0 aliphatic rings. The van der Waals surface area contributed by atoms with E-state index in [4.69, 9.17) is 22.8 Å². The lowest BCUT2D eigenvalue weighted by Crippen LogP contribution is -2.49. The van der Waals surface area contributed by atoms with Crippen LogP contribution in [-0.2, 0) is 14.3 Å². The highest BCUT2D eigenvalue weighted by Crippen LogP contribution is 2.29. The molecule has 0 radical (unpaired) electrons. The highest BCUT2D eigenvalue weighted by molar-refractivity contribution is 6.34. The first-order valence-corrected chi connectivity index (χ1v) is 11.5. The quantitative estimate of drug-likeness (QED) is 0.420. The van der Waals surface area contributed by atoms with Gasteiger partial charge in [-0.2, -0.15) is 0 Å². The minimum absolute atomic E-state index is 0.357. The number of para-hydroxylation sites is 1.